The van der Waals surface area contributed by atoms with Crippen molar-refractivity contribution >= 4 is 5.91 Å². The highest BCUT2D eigenvalue weighted by atomic mass is 16.5. The molecule has 0 unspecified atom stereocenters. The van der Waals surface area contributed by atoms with Gasteiger partial charge in [0.2, 0.25) is 5.91 Å². The molecule has 2 aromatic rings. The van der Waals surface area contributed by atoms with Crippen molar-refractivity contribution in [2.45, 2.75) is 52.0 Å². The van der Waals surface area contributed by atoms with Crippen molar-refractivity contribution in [3.63, 3.8) is 0 Å². The van der Waals surface area contributed by atoms with Gasteiger partial charge in [0.05, 0.1) is 6.61 Å². The Bertz CT molecular complexity index is 768. The molecule has 4 nitrogen and oxygen atoms in total. The summed E-state index contributed by atoms with van der Waals surface area (Å²) >= 11 is 0. The van der Waals surface area contributed by atoms with Crippen molar-refractivity contribution in [1.29, 1.82) is 0 Å². The molecule has 1 aliphatic rings. The molecule has 4 heteroatoms. The lowest BCUT2D eigenvalue weighted by atomic mass is 10.0. The minimum absolute atomic E-state index is 0.175. The number of aryl methyl sites for hydroxylation is 3. The van der Waals surface area contributed by atoms with Crippen LogP contribution in [0.2, 0.25) is 0 Å². The topological polar surface area (TPSA) is 41.6 Å². The number of carbonyl (C=O) groups excluding carboxylic acids is 1. The summed E-state index contributed by atoms with van der Waals surface area (Å²) < 4.78 is 5.89. The summed E-state index contributed by atoms with van der Waals surface area (Å²) in [5.41, 5.74) is 3.79. The third kappa shape index (κ3) is 7.21. The highest BCUT2D eigenvalue weighted by Crippen LogP contribution is 2.17. The standard InChI is InChI=1S/C25H34N2O2/c1-20-9-11-24(19-21(20)2)29-18-6-15-27-16-13-23(14-17-27)26-25(28)12-10-22-7-4-3-5-8-22/h3-5,7-9,11,19,23H,6,10,12-18H2,1-2H3,(H,26,28). The maximum atomic E-state index is 12.2. The molecule has 2 aromatic carbocycles. The molecule has 0 radical (unpaired) electrons. The lowest BCUT2D eigenvalue weighted by Crippen LogP contribution is -2.45. The van der Waals surface area contributed by atoms with Crippen LogP contribution in [0.1, 0.15) is 42.4 Å². The van der Waals surface area contributed by atoms with Gasteiger partial charge in [-0.05, 0) is 68.4 Å². The first-order valence-electron chi connectivity index (χ1n) is 10.9. The molecule has 1 heterocycles. The average molecular weight is 395 g/mol. The summed E-state index contributed by atoms with van der Waals surface area (Å²) in [4.78, 5) is 14.7. The zero-order chi connectivity index (χ0) is 20.5. The van der Waals surface area contributed by atoms with Crippen LogP contribution in [0.25, 0.3) is 0 Å². The maximum absolute atomic E-state index is 12.2. The number of likely N-dealkylation sites (tertiary alicyclic amines) is 1. The number of benzene rings is 2. The molecular weight excluding hydrogens is 360 g/mol. The average Bonchev–Trinajstić information content (AvgIpc) is 2.74. The third-order valence-corrected chi connectivity index (χ3v) is 5.80. The van der Waals surface area contributed by atoms with E-state index < -0.39 is 0 Å². The highest BCUT2D eigenvalue weighted by Gasteiger charge is 2.20. The Balaban J connectivity index is 1.27. The van der Waals surface area contributed by atoms with E-state index >= 15 is 0 Å². The lowest BCUT2D eigenvalue weighted by molar-refractivity contribution is -0.122. The molecular formula is C25H34N2O2. The van der Waals surface area contributed by atoms with Crippen LogP contribution in [0.5, 0.6) is 5.75 Å². The second kappa shape index (κ2) is 11.0. The van der Waals surface area contributed by atoms with Gasteiger partial charge >= 0.3 is 0 Å². The fraction of sp³-hybridized carbons (Fsp3) is 0.480. The van der Waals surface area contributed by atoms with Crippen LogP contribution in [-0.4, -0.2) is 43.1 Å². The van der Waals surface area contributed by atoms with Gasteiger partial charge in [0.15, 0.2) is 0 Å². The van der Waals surface area contributed by atoms with Gasteiger partial charge in [-0.3, -0.25) is 4.79 Å². The Labute approximate surface area is 175 Å². The number of piperidine rings is 1. The Hall–Kier alpha value is -2.33. The predicted octanol–water partition coefficient (Wildman–Crippen LogP) is 4.29. The first-order chi connectivity index (χ1) is 14.1. The zero-order valence-corrected chi connectivity index (χ0v) is 17.8. The summed E-state index contributed by atoms with van der Waals surface area (Å²) in [6.45, 7) is 8.14. The molecule has 1 amide bonds. The number of nitrogens with one attached hydrogen (secondary N) is 1. The van der Waals surface area contributed by atoms with E-state index in [9.17, 15) is 4.79 Å². The van der Waals surface area contributed by atoms with Gasteiger partial charge in [0, 0.05) is 32.1 Å². The van der Waals surface area contributed by atoms with Crippen molar-refractivity contribution in [2.24, 2.45) is 0 Å². The van der Waals surface area contributed by atoms with Crippen molar-refractivity contribution in [3.05, 3.63) is 65.2 Å². The van der Waals surface area contributed by atoms with Crippen LogP contribution < -0.4 is 10.1 Å². The first kappa shape index (κ1) is 21.4. The summed E-state index contributed by atoms with van der Waals surface area (Å²) in [6.07, 6.45) is 4.48. The molecule has 1 saturated heterocycles. The molecule has 0 bridgehead atoms. The molecule has 0 aliphatic carbocycles. The van der Waals surface area contributed by atoms with E-state index in [0.29, 0.717) is 12.5 Å². The van der Waals surface area contributed by atoms with E-state index in [-0.39, 0.29) is 5.91 Å². The zero-order valence-electron chi connectivity index (χ0n) is 17.8. The van der Waals surface area contributed by atoms with Crippen LogP contribution in [0.3, 0.4) is 0 Å². The number of amides is 1. The predicted molar refractivity (Wildman–Crippen MR) is 118 cm³/mol. The van der Waals surface area contributed by atoms with Gasteiger partial charge in [0.25, 0.3) is 0 Å². The quantitative estimate of drug-likeness (QED) is 0.645. The Morgan fingerprint density at radius 2 is 1.83 bits per heavy atom. The summed E-state index contributed by atoms with van der Waals surface area (Å²) in [7, 11) is 0. The maximum Gasteiger partial charge on any atom is 0.220 e. The van der Waals surface area contributed by atoms with E-state index in [1.807, 2.05) is 24.3 Å². The highest BCUT2D eigenvalue weighted by molar-refractivity contribution is 5.76. The first-order valence-corrected chi connectivity index (χ1v) is 10.9. The Kier molecular flexibility index (Phi) is 8.12. The lowest BCUT2D eigenvalue weighted by Gasteiger charge is -2.32. The number of ether oxygens (including phenoxy) is 1. The largest absolute Gasteiger partial charge is 0.494 e. The molecule has 0 spiro atoms. The second-order valence-corrected chi connectivity index (χ2v) is 8.12. The number of nitrogens with zero attached hydrogens (tertiary/aromatic N) is 1. The Morgan fingerprint density at radius 1 is 1.07 bits per heavy atom. The van der Waals surface area contributed by atoms with Gasteiger partial charge in [0.1, 0.15) is 5.75 Å². The van der Waals surface area contributed by atoms with E-state index in [4.69, 9.17) is 4.74 Å². The minimum Gasteiger partial charge on any atom is -0.494 e. The normalized spacial score (nSPS) is 15.2. The molecule has 3 rings (SSSR count). The van der Waals surface area contributed by atoms with Crippen LogP contribution in [0.15, 0.2) is 48.5 Å². The Morgan fingerprint density at radius 3 is 2.55 bits per heavy atom. The van der Waals surface area contributed by atoms with E-state index in [1.54, 1.807) is 0 Å². The molecule has 156 valence electrons. The van der Waals surface area contributed by atoms with E-state index in [0.717, 1.165) is 57.7 Å². The molecule has 0 aromatic heterocycles. The summed E-state index contributed by atoms with van der Waals surface area (Å²) in [6, 6.07) is 16.8. The van der Waals surface area contributed by atoms with Gasteiger partial charge in [-0.25, -0.2) is 0 Å². The van der Waals surface area contributed by atoms with Crippen LogP contribution in [0.4, 0.5) is 0 Å². The molecule has 1 fully saturated rings. The van der Waals surface area contributed by atoms with Gasteiger partial charge in [-0.2, -0.15) is 0 Å². The molecule has 1 N–H and O–H groups in total. The second-order valence-electron chi connectivity index (χ2n) is 8.12. The van der Waals surface area contributed by atoms with Crippen molar-refractivity contribution in [3.8, 4) is 5.75 Å². The number of carbonyl (C=O) groups is 1. The molecule has 29 heavy (non-hydrogen) atoms. The third-order valence-electron chi connectivity index (χ3n) is 5.80. The molecule has 0 saturated carbocycles. The molecule has 1 aliphatic heterocycles. The van der Waals surface area contributed by atoms with Gasteiger partial charge < -0.3 is 15.0 Å². The van der Waals surface area contributed by atoms with Crippen LogP contribution in [0, 0.1) is 13.8 Å². The van der Waals surface area contributed by atoms with Crippen molar-refractivity contribution < 1.29 is 9.53 Å². The summed E-state index contributed by atoms with van der Waals surface area (Å²) in [5, 5.41) is 3.22. The fourth-order valence-corrected chi connectivity index (χ4v) is 3.79. The van der Waals surface area contributed by atoms with Gasteiger partial charge in [-0.1, -0.05) is 36.4 Å². The SMILES string of the molecule is Cc1ccc(OCCCN2CCC(NC(=O)CCc3ccccc3)CC2)cc1C. The number of rotatable bonds is 9. The van der Waals surface area contributed by atoms with Gasteiger partial charge in [-0.15, -0.1) is 0 Å². The van der Waals surface area contributed by atoms with Crippen molar-refractivity contribution in [2.75, 3.05) is 26.2 Å². The van der Waals surface area contributed by atoms with Crippen molar-refractivity contribution in [1.82, 2.24) is 10.2 Å². The summed E-state index contributed by atoms with van der Waals surface area (Å²) in [5.74, 6) is 1.14. The number of hydrogen-bond donors (Lipinski definition) is 1. The smallest absolute Gasteiger partial charge is 0.220 e. The van der Waals surface area contributed by atoms with E-state index in [2.05, 4.69) is 48.3 Å². The van der Waals surface area contributed by atoms with Crippen LogP contribution >= 0.6 is 0 Å². The number of hydrogen-bond acceptors (Lipinski definition) is 3. The fourth-order valence-electron chi connectivity index (χ4n) is 3.79. The van der Waals surface area contributed by atoms with E-state index in [1.165, 1.54) is 16.7 Å². The monoisotopic (exact) mass is 394 g/mol. The molecule has 0 atom stereocenters. The van der Waals surface area contributed by atoms with Crippen LogP contribution in [-0.2, 0) is 11.2 Å². The minimum atomic E-state index is 0.175.